The number of carbonyl (C=O) groups excluding carboxylic acids is 4. The van der Waals surface area contributed by atoms with Crippen LogP contribution in [0.4, 0.5) is 4.79 Å². The lowest BCUT2D eigenvalue weighted by molar-refractivity contribution is -0.139. The van der Waals surface area contributed by atoms with Crippen LogP contribution in [-0.4, -0.2) is 46.4 Å². The van der Waals surface area contributed by atoms with E-state index < -0.39 is 35.6 Å². The molecular weight excluding hydrogens is 472 g/mol. The van der Waals surface area contributed by atoms with Gasteiger partial charge in [0.25, 0.3) is 5.91 Å². The van der Waals surface area contributed by atoms with Gasteiger partial charge in [0, 0.05) is 18.5 Å². The largest absolute Gasteiger partial charge is 0.444 e. The summed E-state index contributed by atoms with van der Waals surface area (Å²) in [5, 5.41) is 5.60. The number of hydrogen-bond donors (Lipinski definition) is 3. The molecule has 0 aliphatic heterocycles. The highest BCUT2D eigenvalue weighted by molar-refractivity contribution is 5.94. The molecule has 0 heterocycles. The van der Waals surface area contributed by atoms with Crippen molar-refractivity contribution in [2.75, 3.05) is 0 Å². The van der Waals surface area contributed by atoms with Crippen molar-refractivity contribution in [3.05, 3.63) is 34.9 Å². The molecule has 1 aliphatic carbocycles. The van der Waals surface area contributed by atoms with E-state index in [0.717, 1.165) is 48.1 Å². The quantitative estimate of drug-likeness (QED) is 0.345. The normalized spacial score (nSPS) is 15.6. The summed E-state index contributed by atoms with van der Waals surface area (Å²) in [4.78, 5) is 52.6. The Hall–Kier alpha value is -3.54. The fourth-order valence-electron chi connectivity index (χ4n) is 4.59. The van der Waals surface area contributed by atoms with Crippen molar-refractivity contribution in [3.8, 4) is 12.5 Å². The number of primary amides is 1. The summed E-state index contributed by atoms with van der Waals surface area (Å²) in [5.41, 5.74) is 6.71. The molecule has 1 aromatic rings. The first-order valence-corrected chi connectivity index (χ1v) is 12.8. The Morgan fingerprint density at radius 3 is 2.24 bits per heavy atom. The van der Waals surface area contributed by atoms with Crippen molar-refractivity contribution >= 4 is 23.8 Å². The molecule has 2 unspecified atom stereocenters. The molecule has 1 aromatic carbocycles. The van der Waals surface area contributed by atoms with Gasteiger partial charge in [0.2, 0.25) is 11.8 Å². The predicted molar refractivity (Wildman–Crippen MR) is 141 cm³/mol. The van der Waals surface area contributed by atoms with Gasteiger partial charge in [-0.25, -0.2) is 4.79 Å². The third kappa shape index (κ3) is 8.81. The molecule has 0 aromatic heterocycles. The third-order valence-corrected chi connectivity index (χ3v) is 6.32. The van der Waals surface area contributed by atoms with Crippen LogP contribution in [0, 0.1) is 26.3 Å². The molecule has 37 heavy (non-hydrogen) atoms. The molecule has 4 N–H and O–H groups in total. The smallest absolute Gasteiger partial charge is 0.408 e. The second-order valence-corrected chi connectivity index (χ2v) is 10.6. The molecule has 202 valence electrons. The number of aryl methyl sites for hydroxylation is 2. The Kier molecular flexibility index (Phi) is 10.5. The molecule has 1 fully saturated rings. The summed E-state index contributed by atoms with van der Waals surface area (Å²) >= 11 is 0. The number of nitrogens with one attached hydrogen (secondary N) is 2. The molecule has 0 radical (unpaired) electrons. The van der Waals surface area contributed by atoms with Gasteiger partial charge < -0.3 is 21.1 Å². The molecule has 0 saturated heterocycles. The number of amides is 4. The fourth-order valence-corrected chi connectivity index (χ4v) is 4.59. The summed E-state index contributed by atoms with van der Waals surface area (Å²) < 4.78 is 5.30. The first-order valence-electron chi connectivity index (χ1n) is 12.8. The fraction of sp³-hybridized carbons (Fsp3) is 0.571. The number of alkyl carbamates (subject to hydrolysis) is 1. The lowest BCUT2D eigenvalue weighted by atomic mass is 9.92. The van der Waals surface area contributed by atoms with E-state index in [9.17, 15) is 19.2 Å². The van der Waals surface area contributed by atoms with Gasteiger partial charge in [-0.1, -0.05) is 43.9 Å². The maximum absolute atomic E-state index is 13.8. The first kappa shape index (κ1) is 29.7. The first-order chi connectivity index (χ1) is 17.3. The van der Waals surface area contributed by atoms with Crippen LogP contribution < -0.4 is 16.4 Å². The van der Waals surface area contributed by atoms with Gasteiger partial charge in [0.05, 0.1) is 0 Å². The number of nitrogens with zero attached hydrogens (tertiary/aromatic N) is 1. The zero-order valence-electron chi connectivity index (χ0n) is 22.6. The second-order valence-electron chi connectivity index (χ2n) is 10.6. The van der Waals surface area contributed by atoms with E-state index in [1.165, 1.54) is 0 Å². The van der Waals surface area contributed by atoms with Crippen LogP contribution in [0.15, 0.2) is 18.2 Å². The Bertz CT molecular complexity index is 1010. The van der Waals surface area contributed by atoms with Crippen molar-refractivity contribution in [1.29, 1.82) is 0 Å². The van der Waals surface area contributed by atoms with Crippen LogP contribution in [0.3, 0.4) is 0 Å². The molecule has 2 rings (SSSR count). The van der Waals surface area contributed by atoms with E-state index in [4.69, 9.17) is 16.9 Å². The Morgan fingerprint density at radius 2 is 1.73 bits per heavy atom. The minimum atomic E-state index is -1.23. The average Bonchev–Trinajstić information content (AvgIpc) is 2.80. The molecule has 1 saturated carbocycles. The monoisotopic (exact) mass is 512 g/mol. The summed E-state index contributed by atoms with van der Waals surface area (Å²) in [6, 6.07) is 5.59. The summed E-state index contributed by atoms with van der Waals surface area (Å²) in [7, 11) is 0. The van der Waals surface area contributed by atoms with Crippen LogP contribution in [0.5, 0.6) is 0 Å². The molecule has 4 amide bonds. The van der Waals surface area contributed by atoms with Crippen LogP contribution in [0.25, 0.3) is 0 Å². The van der Waals surface area contributed by atoms with Crippen LogP contribution >= 0.6 is 0 Å². The number of rotatable bonds is 9. The molecule has 1 aliphatic rings. The van der Waals surface area contributed by atoms with E-state index >= 15 is 0 Å². The van der Waals surface area contributed by atoms with Crippen molar-refractivity contribution in [2.45, 2.75) is 103 Å². The minimum absolute atomic E-state index is 0.00616. The maximum Gasteiger partial charge on any atom is 0.408 e. The van der Waals surface area contributed by atoms with Gasteiger partial charge in [-0.05, 0) is 70.6 Å². The summed E-state index contributed by atoms with van der Waals surface area (Å²) in [5.74, 6) is -1.74. The Balaban J connectivity index is 2.46. The lowest BCUT2D eigenvalue weighted by Gasteiger charge is -2.33. The number of terminal acetylenes is 1. The number of nitrogens with two attached hydrogens (primary N) is 1. The van der Waals surface area contributed by atoms with Crippen molar-refractivity contribution in [3.63, 3.8) is 0 Å². The van der Waals surface area contributed by atoms with E-state index in [1.54, 1.807) is 20.8 Å². The molecule has 0 spiro atoms. The van der Waals surface area contributed by atoms with Gasteiger partial charge in [0.1, 0.15) is 17.7 Å². The van der Waals surface area contributed by atoms with Crippen molar-refractivity contribution in [2.24, 2.45) is 5.73 Å². The molecule has 0 bridgehead atoms. The predicted octanol–water partition coefficient (Wildman–Crippen LogP) is 3.37. The van der Waals surface area contributed by atoms with Gasteiger partial charge in [0.15, 0.2) is 0 Å². The van der Waals surface area contributed by atoms with Crippen LogP contribution in [0.1, 0.15) is 88.4 Å². The van der Waals surface area contributed by atoms with Crippen LogP contribution in [-0.2, 0) is 19.1 Å². The van der Waals surface area contributed by atoms with E-state index in [1.807, 2.05) is 32.0 Å². The van der Waals surface area contributed by atoms with Crippen molar-refractivity contribution in [1.82, 2.24) is 15.5 Å². The highest BCUT2D eigenvalue weighted by Crippen LogP contribution is 2.29. The number of ether oxygens (including phenoxy) is 1. The molecule has 9 heteroatoms. The second kappa shape index (κ2) is 13.1. The van der Waals surface area contributed by atoms with Gasteiger partial charge in [-0.15, -0.1) is 0 Å². The number of benzene rings is 1. The van der Waals surface area contributed by atoms with Gasteiger partial charge in [-0.3, -0.25) is 19.3 Å². The Labute approximate surface area is 219 Å². The lowest BCUT2D eigenvalue weighted by Crippen LogP contribution is -2.52. The van der Waals surface area contributed by atoms with Crippen LogP contribution in [0.2, 0.25) is 0 Å². The molecule has 2 atom stereocenters. The van der Waals surface area contributed by atoms with E-state index in [-0.39, 0.29) is 24.8 Å². The standard InChI is InChI=1S/C28H40N4O5/c1-7-32(26(35)21(16-17-22(29)33)31-27(36)37-28(4,5)6)24(23-18(2)12-11-13-19(23)3)25(34)30-20-14-9-8-10-15-20/h1,11-13,20-21,24H,8-10,14-17H2,2-6H3,(H2,29,33)(H,30,34)(H,31,36). The minimum Gasteiger partial charge on any atom is -0.444 e. The molecule has 9 nitrogen and oxygen atoms in total. The Morgan fingerprint density at radius 1 is 1.14 bits per heavy atom. The highest BCUT2D eigenvalue weighted by Gasteiger charge is 2.38. The molecular formula is C28H40N4O5. The van der Waals surface area contributed by atoms with Gasteiger partial charge in [-0.2, -0.15) is 0 Å². The van der Waals surface area contributed by atoms with E-state index in [0.29, 0.717) is 5.56 Å². The number of hydrogen-bond acceptors (Lipinski definition) is 5. The summed E-state index contributed by atoms with van der Waals surface area (Å²) in [6.45, 7) is 8.77. The number of carbonyl (C=O) groups is 4. The topological polar surface area (TPSA) is 131 Å². The van der Waals surface area contributed by atoms with Gasteiger partial charge >= 0.3 is 6.09 Å². The average molecular weight is 513 g/mol. The van der Waals surface area contributed by atoms with Crippen molar-refractivity contribution < 1.29 is 23.9 Å². The zero-order chi connectivity index (χ0) is 27.8. The third-order valence-electron chi connectivity index (χ3n) is 6.32. The SMILES string of the molecule is C#CN(C(=O)C(CCC(N)=O)NC(=O)OC(C)(C)C)C(C(=O)NC1CCCCC1)c1c(C)cccc1C. The maximum atomic E-state index is 13.8. The van der Waals surface area contributed by atoms with E-state index in [2.05, 4.69) is 16.7 Å². The zero-order valence-corrected chi connectivity index (χ0v) is 22.6. The summed E-state index contributed by atoms with van der Waals surface area (Å²) in [6.07, 6.45) is 9.61. The highest BCUT2D eigenvalue weighted by atomic mass is 16.6.